The van der Waals surface area contributed by atoms with Gasteiger partial charge in [0.1, 0.15) is 18.1 Å². The zero-order chi connectivity index (χ0) is 18.3. The standard InChI is InChI=1S/C20H24N4OS/c1-22(13-24-20(26)23(2)19(21-24)15-6-7-15)12-14-4-5-17-11-18(25-3)9-8-16(17)10-14/h4-5,8-11,15H,6-7,12-13H2,1-3H3/p+1. The summed E-state index contributed by atoms with van der Waals surface area (Å²) in [7, 11) is 5.92. The lowest BCUT2D eigenvalue weighted by Crippen LogP contribution is -3.07. The monoisotopic (exact) mass is 369 g/mol. The number of fused-ring (bicyclic) bond motifs is 1. The molecule has 4 rings (SSSR count). The third-order valence-corrected chi connectivity index (χ3v) is 5.54. The topological polar surface area (TPSA) is 36.4 Å². The Kier molecular flexibility index (Phi) is 4.54. The van der Waals surface area contributed by atoms with E-state index in [-0.39, 0.29) is 0 Å². The number of hydrogen-bond donors (Lipinski definition) is 1. The third-order valence-electron chi connectivity index (χ3n) is 5.05. The summed E-state index contributed by atoms with van der Waals surface area (Å²) < 4.78 is 10.2. The van der Waals surface area contributed by atoms with Gasteiger partial charge in [0.05, 0.1) is 14.2 Å². The van der Waals surface area contributed by atoms with Gasteiger partial charge in [0.2, 0.25) is 4.77 Å². The van der Waals surface area contributed by atoms with Crippen LogP contribution >= 0.6 is 12.2 Å². The first kappa shape index (κ1) is 17.2. The minimum atomic E-state index is 0.612. The van der Waals surface area contributed by atoms with Crippen LogP contribution in [0.15, 0.2) is 36.4 Å². The van der Waals surface area contributed by atoms with Crippen molar-refractivity contribution >= 4 is 23.0 Å². The van der Waals surface area contributed by atoms with Crippen LogP contribution in [0.1, 0.15) is 30.1 Å². The summed E-state index contributed by atoms with van der Waals surface area (Å²) in [5.74, 6) is 2.65. The molecular formula is C20H25N4OS+. The summed E-state index contributed by atoms with van der Waals surface area (Å²) >= 11 is 5.57. The van der Waals surface area contributed by atoms with Crippen molar-refractivity contribution in [2.24, 2.45) is 7.05 Å². The maximum atomic E-state index is 5.57. The molecule has 1 aliphatic carbocycles. The van der Waals surface area contributed by atoms with Gasteiger partial charge >= 0.3 is 0 Å². The van der Waals surface area contributed by atoms with E-state index in [9.17, 15) is 0 Å². The van der Waals surface area contributed by atoms with Crippen LogP contribution in [0.25, 0.3) is 10.8 Å². The lowest BCUT2D eigenvalue weighted by atomic mass is 10.1. The highest BCUT2D eigenvalue weighted by molar-refractivity contribution is 7.71. The lowest BCUT2D eigenvalue weighted by Gasteiger charge is -2.14. The Bertz CT molecular complexity index is 1000. The van der Waals surface area contributed by atoms with E-state index in [0.29, 0.717) is 5.92 Å². The lowest BCUT2D eigenvalue weighted by molar-refractivity contribution is -0.917. The minimum absolute atomic E-state index is 0.612. The average Bonchev–Trinajstić information content (AvgIpc) is 3.44. The molecule has 1 fully saturated rings. The number of nitrogens with zero attached hydrogens (tertiary/aromatic N) is 3. The number of aromatic nitrogens is 3. The Balaban J connectivity index is 1.49. The van der Waals surface area contributed by atoms with Crippen molar-refractivity contribution in [3.8, 4) is 5.75 Å². The van der Waals surface area contributed by atoms with E-state index in [0.717, 1.165) is 29.6 Å². The maximum absolute atomic E-state index is 5.57. The van der Waals surface area contributed by atoms with Crippen LogP contribution in [0.4, 0.5) is 0 Å². The Hall–Kier alpha value is -2.18. The normalized spacial score (nSPS) is 15.3. The Morgan fingerprint density at radius 3 is 2.65 bits per heavy atom. The minimum Gasteiger partial charge on any atom is -0.497 e. The summed E-state index contributed by atoms with van der Waals surface area (Å²) in [6.07, 6.45) is 2.48. The van der Waals surface area contributed by atoms with Crippen LogP contribution in [0.3, 0.4) is 0 Å². The molecule has 1 heterocycles. The molecule has 1 aliphatic rings. The molecule has 26 heavy (non-hydrogen) atoms. The highest BCUT2D eigenvalue weighted by atomic mass is 32.1. The summed E-state index contributed by atoms with van der Waals surface area (Å²) in [5, 5.41) is 7.20. The van der Waals surface area contributed by atoms with Gasteiger partial charge in [-0.05, 0) is 54.0 Å². The summed E-state index contributed by atoms with van der Waals surface area (Å²) in [5.41, 5.74) is 1.31. The largest absolute Gasteiger partial charge is 0.497 e. The van der Waals surface area contributed by atoms with Crippen molar-refractivity contribution < 1.29 is 9.64 Å². The van der Waals surface area contributed by atoms with Crippen molar-refractivity contribution in [3.63, 3.8) is 0 Å². The SMILES string of the molecule is COc1ccc2cc(C[NH+](C)Cn3nc(C4CC4)n(C)c3=S)ccc2c1. The quantitative estimate of drug-likeness (QED) is 0.679. The van der Waals surface area contributed by atoms with Gasteiger partial charge in [0, 0.05) is 18.5 Å². The molecule has 6 heteroatoms. The van der Waals surface area contributed by atoms with Crippen LogP contribution < -0.4 is 9.64 Å². The van der Waals surface area contributed by atoms with Crippen molar-refractivity contribution in [1.29, 1.82) is 0 Å². The number of methoxy groups -OCH3 is 1. The van der Waals surface area contributed by atoms with Crippen molar-refractivity contribution in [2.75, 3.05) is 14.2 Å². The zero-order valence-electron chi connectivity index (χ0n) is 15.5. The van der Waals surface area contributed by atoms with Gasteiger partial charge in [-0.15, -0.1) is 0 Å². The second kappa shape index (κ2) is 6.85. The highest BCUT2D eigenvalue weighted by Crippen LogP contribution is 2.38. The summed E-state index contributed by atoms with van der Waals surface area (Å²) in [4.78, 5) is 1.36. The molecule has 0 spiro atoms. The Morgan fingerprint density at radius 1 is 1.19 bits per heavy atom. The highest BCUT2D eigenvalue weighted by Gasteiger charge is 2.29. The van der Waals surface area contributed by atoms with E-state index in [4.69, 9.17) is 22.1 Å². The molecule has 1 unspecified atom stereocenters. The fraction of sp³-hybridized carbons (Fsp3) is 0.400. The van der Waals surface area contributed by atoms with Gasteiger partial charge in [-0.3, -0.25) is 0 Å². The van der Waals surface area contributed by atoms with Crippen molar-refractivity contribution in [1.82, 2.24) is 14.3 Å². The van der Waals surface area contributed by atoms with E-state index >= 15 is 0 Å². The first-order valence-electron chi connectivity index (χ1n) is 9.07. The van der Waals surface area contributed by atoms with Crippen LogP contribution in [0.5, 0.6) is 5.75 Å². The average molecular weight is 370 g/mol. The van der Waals surface area contributed by atoms with Crippen LogP contribution in [0, 0.1) is 4.77 Å². The predicted molar refractivity (Wildman–Crippen MR) is 105 cm³/mol. The van der Waals surface area contributed by atoms with Gasteiger partial charge in [-0.1, -0.05) is 18.2 Å². The molecule has 0 aliphatic heterocycles. The number of benzene rings is 2. The van der Waals surface area contributed by atoms with Crippen LogP contribution in [0.2, 0.25) is 0 Å². The van der Waals surface area contributed by atoms with Crippen LogP contribution in [-0.4, -0.2) is 28.5 Å². The Morgan fingerprint density at radius 2 is 1.92 bits per heavy atom. The summed E-state index contributed by atoms with van der Waals surface area (Å²) in [6, 6.07) is 12.8. The molecule has 3 aromatic rings. The molecule has 1 atom stereocenters. The molecule has 0 saturated heterocycles. The molecule has 1 N–H and O–H groups in total. The fourth-order valence-electron chi connectivity index (χ4n) is 3.47. The molecule has 136 valence electrons. The zero-order valence-corrected chi connectivity index (χ0v) is 16.3. The first-order chi connectivity index (χ1) is 12.5. The van der Waals surface area contributed by atoms with Gasteiger partial charge in [-0.25, -0.2) is 0 Å². The summed E-state index contributed by atoms with van der Waals surface area (Å²) in [6.45, 7) is 1.71. The van der Waals surface area contributed by atoms with E-state index < -0.39 is 0 Å². The molecule has 0 amide bonds. The number of ether oxygens (including phenoxy) is 1. The number of nitrogens with one attached hydrogen (secondary N) is 1. The van der Waals surface area contributed by atoms with E-state index in [1.165, 1.54) is 34.1 Å². The van der Waals surface area contributed by atoms with E-state index in [1.807, 2.05) is 17.8 Å². The molecule has 1 aromatic heterocycles. The molecular weight excluding hydrogens is 344 g/mol. The molecule has 0 bridgehead atoms. The molecule has 2 aromatic carbocycles. The number of rotatable bonds is 6. The van der Waals surface area contributed by atoms with Crippen LogP contribution in [-0.2, 0) is 20.3 Å². The van der Waals surface area contributed by atoms with Gasteiger partial charge in [0.25, 0.3) is 0 Å². The smallest absolute Gasteiger partial charge is 0.202 e. The van der Waals surface area contributed by atoms with Gasteiger partial charge in [0.15, 0.2) is 6.67 Å². The second-order valence-corrected chi connectivity index (χ2v) is 7.68. The number of quaternary nitrogens is 1. The van der Waals surface area contributed by atoms with Gasteiger partial charge in [-0.2, -0.15) is 9.78 Å². The second-order valence-electron chi connectivity index (χ2n) is 7.31. The Labute approximate surface area is 158 Å². The fourth-order valence-corrected chi connectivity index (χ4v) is 3.67. The van der Waals surface area contributed by atoms with E-state index in [1.54, 1.807) is 7.11 Å². The number of hydrogen-bond acceptors (Lipinski definition) is 3. The van der Waals surface area contributed by atoms with Crippen molar-refractivity contribution in [2.45, 2.75) is 32.0 Å². The molecule has 0 radical (unpaired) electrons. The molecule has 1 saturated carbocycles. The first-order valence-corrected chi connectivity index (χ1v) is 9.47. The van der Waals surface area contributed by atoms with E-state index in [2.05, 4.69) is 41.9 Å². The molecule has 5 nitrogen and oxygen atoms in total. The van der Waals surface area contributed by atoms with Crippen molar-refractivity contribution in [3.05, 3.63) is 52.6 Å². The predicted octanol–water partition coefficient (Wildman–Crippen LogP) is 2.66. The van der Waals surface area contributed by atoms with Gasteiger partial charge < -0.3 is 14.2 Å². The maximum Gasteiger partial charge on any atom is 0.202 e. The third kappa shape index (κ3) is 3.39.